The van der Waals surface area contributed by atoms with Crippen LogP contribution in [0.4, 0.5) is 13.2 Å². The van der Waals surface area contributed by atoms with Gasteiger partial charge in [0, 0.05) is 6.54 Å². The van der Waals surface area contributed by atoms with Crippen LogP contribution in [0, 0.1) is 5.41 Å². The number of unbranched alkanes of at least 4 members (excludes halogenated alkanes) is 5. The molecule has 0 saturated carbocycles. The van der Waals surface area contributed by atoms with Gasteiger partial charge in [-0.3, -0.25) is 10.2 Å². The van der Waals surface area contributed by atoms with Gasteiger partial charge in [0.25, 0.3) is 0 Å². The third-order valence-electron chi connectivity index (χ3n) is 6.14. The van der Waals surface area contributed by atoms with Crippen LogP contribution in [0.3, 0.4) is 0 Å². The molecule has 1 amide bonds. The van der Waals surface area contributed by atoms with Crippen LogP contribution in [0.2, 0.25) is 0 Å². The van der Waals surface area contributed by atoms with E-state index in [0.29, 0.717) is 5.39 Å². The lowest BCUT2D eigenvalue weighted by Crippen LogP contribution is -2.43. The molecule has 2 aromatic carbocycles. The lowest BCUT2D eigenvalue weighted by atomic mass is 9.92. The molecule has 3 nitrogen and oxygen atoms in total. The van der Waals surface area contributed by atoms with E-state index in [4.69, 9.17) is 0 Å². The van der Waals surface area contributed by atoms with E-state index in [1.807, 2.05) is 18.2 Å². The molecule has 0 aromatic heterocycles. The first-order valence-electron chi connectivity index (χ1n) is 11.3. The first kappa shape index (κ1) is 23.6. The van der Waals surface area contributed by atoms with Crippen molar-refractivity contribution >= 4 is 16.7 Å². The summed E-state index contributed by atoms with van der Waals surface area (Å²) in [6, 6.07) is 8.93. The van der Waals surface area contributed by atoms with Crippen molar-refractivity contribution in [2.24, 2.45) is 5.41 Å². The minimum absolute atomic E-state index is 0.00249. The van der Waals surface area contributed by atoms with Crippen LogP contribution in [0.1, 0.15) is 76.5 Å². The number of carbonyl (C=O) groups is 1. The molecular formula is C25H33F3N2O. The Labute approximate surface area is 183 Å². The van der Waals surface area contributed by atoms with Gasteiger partial charge >= 0.3 is 6.18 Å². The SMILES string of the molecule is CCCCCCCCc1ccc2c([C@H](N3CC(C)(C)C(=O)N3)C(F)(F)F)cccc2c1. The fourth-order valence-electron chi connectivity index (χ4n) is 4.36. The zero-order chi connectivity index (χ0) is 22.6. The van der Waals surface area contributed by atoms with Crippen molar-refractivity contribution in [3.63, 3.8) is 0 Å². The molecule has 170 valence electrons. The van der Waals surface area contributed by atoms with E-state index in [1.165, 1.54) is 38.2 Å². The van der Waals surface area contributed by atoms with E-state index >= 15 is 0 Å². The summed E-state index contributed by atoms with van der Waals surface area (Å²) < 4.78 is 42.4. The molecule has 0 bridgehead atoms. The number of aryl methyl sites for hydroxylation is 1. The number of halogens is 3. The number of amides is 1. The van der Waals surface area contributed by atoms with Gasteiger partial charge in [0.2, 0.25) is 5.91 Å². The highest BCUT2D eigenvalue weighted by Crippen LogP contribution is 2.42. The number of hydrazine groups is 1. The van der Waals surface area contributed by atoms with Crippen LogP contribution in [0.25, 0.3) is 10.8 Å². The van der Waals surface area contributed by atoms with E-state index in [0.717, 1.165) is 28.8 Å². The molecule has 1 heterocycles. The number of alkyl halides is 3. The number of rotatable bonds is 9. The van der Waals surface area contributed by atoms with E-state index in [1.54, 1.807) is 26.0 Å². The average molecular weight is 435 g/mol. The molecule has 0 radical (unpaired) electrons. The second kappa shape index (κ2) is 9.60. The number of hydrogen-bond acceptors (Lipinski definition) is 2. The van der Waals surface area contributed by atoms with Crippen molar-refractivity contribution in [3.8, 4) is 0 Å². The van der Waals surface area contributed by atoms with Crippen LogP contribution in [-0.2, 0) is 11.2 Å². The number of nitrogens with one attached hydrogen (secondary N) is 1. The summed E-state index contributed by atoms with van der Waals surface area (Å²) in [4.78, 5) is 12.1. The molecule has 1 saturated heterocycles. The van der Waals surface area contributed by atoms with Gasteiger partial charge in [-0.05, 0) is 48.6 Å². The van der Waals surface area contributed by atoms with Crippen LogP contribution >= 0.6 is 0 Å². The van der Waals surface area contributed by atoms with Gasteiger partial charge in [-0.25, -0.2) is 5.01 Å². The summed E-state index contributed by atoms with van der Waals surface area (Å²) in [5.74, 6) is -0.386. The van der Waals surface area contributed by atoms with Crippen molar-refractivity contribution < 1.29 is 18.0 Å². The van der Waals surface area contributed by atoms with E-state index in [9.17, 15) is 18.0 Å². The summed E-state index contributed by atoms with van der Waals surface area (Å²) in [5.41, 5.74) is 2.91. The summed E-state index contributed by atoms with van der Waals surface area (Å²) in [6.45, 7) is 5.52. The summed E-state index contributed by atoms with van der Waals surface area (Å²) >= 11 is 0. The zero-order valence-corrected chi connectivity index (χ0v) is 18.7. The Morgan fingerprint density at radius 3 is 2.42 bits per heavy atom. The Hall–Kier alpha value is -2.08. The van der Waals surface area contributed by atoms with Gasteiger partial charge in [-0.15, -0.1) is 0 Å². The Kier molecular flexibility index (Phi) is 7.30. The highest BCUT2D eigenvalue weighted by molar-refractivity contribution is 5.87. The van der Waals surface area contributed by atoms with Crippen molar-refractivity contribution in [2.75, 3.05) is 6.54 Å². The molecule has 0 spiro atoms. The molecular weight excluding hydrogens is 401 g/mol. The summed E-state index contributed by atoms with van der Waals surface area (Å²) in [7, 11) is 0. The maximum Gasteiger partial charge on any atom is 0.409 e. The average Bonchev–Trinajstić information content (AvgIpc) is 2.95. The predicted octanol–water partition coefficient (Wildman–Crippen LogP) is 6.72. The monoisotopic (exact) mass is 434 g/mol. The maximum absolute atomic E-state index is 14.1. The number of carbonyl (C=O) groups excluding carboxylic acids is 1. The van der Waals surface area contributed by atoms with Crippen LogP contribution in [0.5, 0.6) is 0 Å². The molecule has 1 atom stereocenters. The molecule has 6 heteroatoms. The Bertz CT molecular complexity index is 907. The first-order valence-corrected chi connectivity index (χ1v) is 11.3. The largest absolute Gasteiger partial charge is 0.409 e. The molecule has 1 aliphatic heterocycles. The molecule has 1 aliphatic rings. The fourth-order valence-corrected chi connectivity index (χ4v) is 4.36. The van der Waals surface area contributed by atoms with Gasteiger partial charge in [-0.2, -0.15) is 13.2 Å². The topological polar surface area (TPSA) is 32.3 Å². The van der Waals surface area contributed by atoms with Crippen molar-refractivity contribution in [1.29, 1.82) is 0 Å². The Morgan fingerprint density at radius 2 is 1.77 bits per heavy atom. The molecule has 2 aromatic rings. The van der Waals surface area contributed by atoms with Gasteiger partial charge in [0.1, 0.15) is 0 Å². The lowest BCUT2D eigenvalue weighted by Gasteiger charge is -2.30. The highest BCUT2D eigenvalue weighted by atomic mass is 19.4. The maximum atomic E-state index is 14.1. The second-order valence-electron chi connectivity index (χ2n) is 9.32. The molecule has 0 unspecified atom stereocenters. The molecule has 31 heavy (non-hydrogen) atoms. The second-order valence-corrected chi connectivity index (χ2v) is 9.32. The van der Waals surface area contributed by atoms with Gasteiger partial charge in [-0.1, -0.05) is 75.4 Å². The van der Waals surface area contributed by atoms with Crippen LogP contribution < -0.4 is 5.43 Å². The summed E-state index contributed by atoms with van der Waals surface area (Å²) in [6.07, 6.45) is 3.69. The Morgan fingerprint density at radius 1 is 1.06 bits per heavy atom. The third-order valence-corrected chi connectivity index (χ3v) is 6.14. The third kappa shape index (κ3) is 5.59. The molecule has 3 rings (SSSR count). The predicted molar refractivity (Wildman–Crippen MR) is 118 cm³/mol. The highest BCUT2D eigenvalue weighted by Gasteiger charge is 2.51. The number of fused-ring (bicyclic) bond motifs is 1. The fraction of sp³-hybridized carbons (Fsp3) is 0.560. The summed E-state index contributed by atoms with van der Waals surface area (Å²) in [5, 5.41) is 2.43. The van der Waals surface area contributed by atoms with Gasteiger partial charge < -0.3 is 0 Å². The quantitative estimate of drug-likeness (QED) is 0.444. The number of hydrogen-bond donors (Lipinski definition) is 1. The Balaban J connectivity index is 1.83. The molecule has 1 N–H and O–H groups in total. The zero-order valence-electron chi connectivity index (χ0n) is 18.7. The normalized spacial score (nSPS) is 17.8. The minimum Gasteiger partial charge on any atom is -0.287 e. The molecule has 1 fully saturated rings. The van der Waals surface area contributed by atoms with Gasteiger partial charge in [0.05, 0.1) is 5.41 Å². The van der Waals surface area contributed by atoms with Crippen molar-refractivity contribution in [3.05, 3.63) is 47.5 Å². The minimum atomic E-state index is -4.51. The molecule has 0 aliphatic carbocycles. The smallest absolute Gasteiger partial charge is 0.287 e. The van der Waals surface area contributed by atoms with Crippen LogP contribution in [0.15, 0.2) is 36.4 Å². The van der Waals surface area contributed by atoms with Crippen LogP contribution in [-0.4, -0.2) is 23.6 Å². The van der Waals surface area contributed by atoms with Crippen molar-refractivity contribution in [1.82, 2.24) is 10.4 Å². The number of benzene rings is 2. The van der Waals surface area contributed by atoms with Gasteiger partial charge in [0.15, 0.2) is 6.04 Å². The van der Waals surface area contributed by atoms with Crippen molar-refractivity contribution in [2.45, 2.75) is 77.9 Å². The lowest BCUT2D eigenvalue weighted by molar-refractivity contribution is -0.191. The van der Waals surface area contributed by atoms with E-state index < -0.39 is 17.6 Å². The first-order chi connectivity index (χ1) is 14.6. The standard InChI is InChI=1S/C25H33F3N2O/c1-4-5-6-7-8-9-11-18-14-15-20-19(16-18)12-10-13-21(20)22(25(26,27)28)30-17-24(2,3)23(31)29-30/h10,12-16,22H,4-9,11,17H2,1-3H3,(H,29,31)/t22-/m0/s1. The van der Waals surface area contributed by atoms with E-state index in [2.05, 4.69) is 12.3 Å². The number of nitrogens with zero attached hydrogens (tertiary/aromatic N) is 1. The van der Waals surface area contributed by atoms with E-state index in [-0.39, 0.29) is 18.0 Å².